The molecule has 0 bridgehead atoms. The number of benzene rings is 1. The normalized spacial score (nSPS) is 12.2. The van der Waals surface area contributed by atoms with Crippen molar-refractivity contribution in [2.75, 3.05) is 11.9 Å². The summed E-state index contributed by atoms with van der Waals surface area (Å²) in [7, 11) is 0. The van der Waals surface area contributed by atoms with Gasteiger partial charge in [-0.05, 0) is 25.0 Å². The molecule has 0 spiro atoms. The Hall–Kier alpha value is -2.25. The van der Waals surface area contributed by atoms with Gasteiger partial charge in [-0.25, -0.2) is 9.79 Å². The SMILES string of the molecule is Cc1cccc(C)c1NC(=O)NC(N)=NCC(F)(F)F. The van der Waals surface area contributed by atoms with Gasteiger partial charge in [-0.2, -0.15) is 13.2 Å². The van der Waals surface area contributed by atoms with E-state index in [0.29, 0.717) is 5.69 Å². The van der Waals surface area contributed by atoms with Gasteiger partial charge in [-0.15, -0.1) is 0 Å². The zero-order chi connectivity index (χ0) is 15.3. The first kappa shape index (κ1) is 15.8. The number of nitrogens with two attached hydrogens (primary N) is 1. The monoisotopic (exact) mass is 288 g/mol. The first-order chi connectivity index (χ1) is 9.19. The third-order valence-corrected chi connectivity index (χ3v) is 2.39. The Morgan fingerprint density at radius 3 is 2.35 bits per heavy atom. The second kappa shape index (κ2) is 6.27. The molecule has 0 aliphatic carbocycles. The van der Waals surface area contributed by atoms with Gasteiger partial charge in [0.2, 0.25) is 0 Å². The maximum absolute atomic E-state index is 11.9. The van der Waals surface area contributed by atoms with Crippen LogP contribution >= 0.6 is 0 Å². The number of anilines is 1. The fourth-order valence-corrected chi connectivity index (χ4v) is 1.49. The lowest BCUT2D eigenvalue weighted by Crippen LogP contribution is -2.40. The van der Waals surface area contributed by atoms with Crippen LogP contribution in [0.5, 0.6) is 0 Å². The summed E-state index contributed by atoms with van der Waals surface area (Å²) >= 11 is 0. The highest BCUT2D eigenvalue weighted by molar-refractivity contribution is 6.02. The molecule has 2 amide bonds. The number of carbonyl (C=O) groups is 1. The van der Waals surface area contributed by atoms with Crippen LogP contribution in [-0.2, 0) is 0 Å². The lowest BCUT2D eigenvalue weighted by molar-refractivity contribution is -0.118. The highest BCUT2D eigenvalue weighted by Gasteiger charge is 2.26. The van der Waals surface area contributed by atoms with Crippen LogP contribution in [0.3, 0.4) is 0 Å². The number of hydrogen-bond acceptors (Lipinski definition) is 2. The Bertz CT molecular complexity index is 506. The van der Waals surface area contributed by atoms with E-state index in [0.717, 1.165) is 11.1 Å². The fraction of sp³-hybridized carbons (Fsp3) is 0.333. The number of para-hydroxylation sites is 1. The summed E-state index contributed by atoms with van der Waals surface area (Å²) in [6, 6.07) is 4.67. The molecule has 0 aliphatic heterocycles. The van der Waals surface area contributed by atoms with Crippen molar-refractivity contribution >= 4 is 17.7 Å². The van der Waals surface area contributed by atoms with Gasteiger partial charge in [0.1, 0.15) is 6.54 Å². The molecule has 0 radical (unpaired) electrons. The van der Waals surface area contributed by atoms with Crippen molar-refractivity contribution in [1.29, 1.82) is 0 Å². The van der Waals surface area contributed by atoms with Crippen LogP contribution in [0.2, 0.25) is 0 Å². The number of rotatable bonds is 2. The molecule has 0 saturated carbocycles. The average Bonchev–Trinajstić information content (AvgIpc) is 2.31. The van der Waals surface area contributed by atoms with Crippen LogP contribution in [-0.4, -0.2) is 24.7 Å². The van der Waals surface area contributed by atoms with Crippen LogP contribution < -0.4 is 16.4 Å². The number of halogens is 3. The van der Waals surface area contributed by atoms with E-state index < -0.39 is 24.7 Å². The lowest BCUT2D eigenvalue weighted by atomic mass is 10.1. The quantitative estimate of drug-likeness (QED) is 0.576. The molecule has 0 saturated heterocycles. The summed E-state index contributed by atoms with van der Waals surface area (Å²) in [6.45, 7) is 2.15. The summed E-state index contributed by atoms with van der Waals surface area (Å²) in [5, 5.41) is 4.55. The van der Waals surface area contributed by atoms with Crippen LogP contribution in [0.4, 0.5) is 23.7 Å². The van der Waals surface area contributed by atoms with E-state index in [9.17, 15) is 18.0 Å². The minimum absolute atomic E-state index is 0.577. The Balaban J connectivity index is 2.64. The number of nitrogens with one attached hydrogen (secondary N) is 2. The smallest absolute Gasteiger partial charge is 0.370 e. The van der Waals surface area contributed by atoms with Crippen molar-refractivity contribution in [2.45, 2.75) is 20.0 Å². The van der Waals surface area contributed by atoms with Crippen molar-refractivity contribution in [3.8, 4) is 0 Å². The Morgan fingerprint density at radius 2 is 1.85 bits per heavy atom. The highest BCUT2D eigenvalue weighted by Crippen LogP contribution is 2.19. The summed E-state index contributed by atoms with van der Waals surface area (Å²) in [5.41, 5.74) is 7.42. The summed E-state index contributed by atoms with van der Waals surface area (Å²) in [6.07, 6.45) is -4.46. The molecule has 8 heteroatoms. The van der Waals surface area contributed by atoms with Gasteiger partial charge < -0.3 is 11.1 Å². The van der Waals surface area contributed by atoms with E-state index in [4.69, 9.17) is 5.73 Å². The van der Waals surface area contributed by atoms with Crippen LogP contribution in [0.15, 0.2) is 23.2 Å². The van der Waals surface area contributed by atoms with Crippen molar-refractivity contribution in [1.82, 2.24) is 5.32 Å². The Labute approximate surface area is 114 Å². The molecular formula is C12H15F3N4O. The molecule has 1 rings (SSSR count). The van der Waals surface area contributed by atoms with Gasteiger partial charge >= 0.3 is 12.2 Å². The second-order valence-electron chi connectivity index (χ2n) is 4.16. The van der Waals surface area contributed by atoms with Crippen molar-refractivity contribution in [3.63, 3.8) is 0 Å². The number of aliphatic imine (C=N–C) groups is 1. The van der Waals surface area contributed by atoms with Gasteiger partial charge in [0.15, 0.2) is 5.96 Å². The number of aryl methyl sites for hydroxylation is 2. The molecule has 1 aromatic carbocycles. The third kappa shape index (κ3) is 5.17. The highest BCUT2D eigenvalue weighted by atomic mass is 19.4. The maximum atomic E-state index is 11.9. The van der Waals surface area contributed by atoms with Crippen LogP contribution in [0.25, 0.3) is 0 Å². The van der Waals surface area contributed by atoms with E-state index in [1.165, 1.54) is 0 Å². The molecule has 0 unspecified atom stereocenters. The van der Waals surface area contributed by atoms with Crippen LogP contribution in [0, 0.1) is 13.8 Å². The minimum atomic E-state index is -4.46. The fourth-order valence-electron chi connectivity index (χ4n) is 1.49. The number of urea groups is 1. The number of amides is 2. The van der Waals surface area contributed by atoms with E-state index in [2.05, 4.69) is 10.3 Å². The van der Waals surface area contributed by atoms with E-state index in [-0.39, 0.29) is 0 Å². The Morgan fingerprint density at radius 1 is 1.30 bits per heavy atom. The van der Waals surface area contributed by atoms with Crippen molar-refractivity contribution in [2.24, 2.45) is 10.7 Å². The zero-order valence-corrected chi connectivity index (χ0v) is 11.0. The number of guanidine groups is 1. The summed E-state index contributed by atoms with van der Waals surface area (Å²) in [5.74, 6) is -0.592. The standard InChI is InChI=1S/C12H15F3N4O/c1-7-4-3-5-8(2)9(7)18-11(20)19-10(16)17-6-12(13,14)15/h3-5H,6H2,1-2H3,(H4,16,17,18,19,20). The molecule has 4 N–H and O–H groups in total. The zero-order valence-electron chi connectivity index (χ0n) is 11.0. The van der Waals surface area contributed by atoms with Crippen molar-refractivity contribution in [3.05, 3.63) is 29.3 Å². The van der Waals surface area contributed by atoms with E-state index in [1.807, 2.05) is 11.4 Å². The maximum Gasteiger partial charge on any atom is 0.408 e. The average molecular weight is 288 g/mol. The first-order valence-electron chi connectivity index (χ1n) is 5.70. The molecule has 0 atom stereocenters. The molecule has 110 valence electrons. The number of hydrogen-bond donors (Lipinski definition) is 3. The van der Waals surface area contributed by atoms with Crippen molar-refractivity contribution < 1.29 is 18.0 Å². The van der Waals surface area contributed by atoms with Gasteiger partial charge in [0, 0.05) is 5.69 Å². The summed E-state index contributed by atoms with van der Waals surface area (Å²) in [4.78, 5) is 14.6. The lowest BCUT2D eigenvalue weighted by Gasteiger charge is -2.12. The molecule has 5 nitrogen and oxygen atoms in total. The summed E-state index contributed by atoms with van der Waals surface area (Å²) < 4.78 is 35.7. The number of alkyl halides is 3. The molecule has 0 heterocycles. The third-order valence-electron chi connectivity index (χ3n) is 2.39. The topological polar surface area (TPSA) is 79.5 Å². The van der Waals surface area contributed by atoms with E-state index >= 15 is 0 Å². The predicted octanol–water partition coefficient (Wildman–Crippen LogP) is 2.30. The predicted molar refractivity (Wildman–Crippen MR) is 70.6 cm³/mol. The van der Waals surface area contributed by atoms with Gasteiger partial charge in [-0.3, -0.25) is 5.32 Å². The molecule has 0 aliphatic rings. The number of nitrogens with zero attached hydrogens (tertiary/aromatic N) is 1. The largest absolute Gasteiger partial charge is 0.408 e. The Kier molecular flexibility index (Phi) is 4.95. The van der Waals surface area contributed by atoms with Gasteiger partial charge in [0.05, 0.1) is 0 Å². The van der Waals surface area contributed by atoms with Gasteiger partial charge in [-0.1, -0.05) is 18.2 Å². The first-order valence-corrected chi connectivity index (χ1v) is 5.70. The molecule has 1 aromatic rings. The van der Waals surface area contributed by atoms with Gasteiger partial charge in [0.25, 0.3) is 0 Å². The van der Waals surface area contributed by atoms with Crippen LogP contribution in [0.1, 0.15) is 11.1 Å². The second-order valence-corrected chi connectivity index (χ2v) is 4.16. The molecule has 20 heavy (non-hydrogen) atoms. The molecular weight excluding hydrogens is 273 g/mol. The van der Waals surface area contributed by atoms with E-state index in [1.54, 1.807) is 26.0 Å². The minimum Gasteiger partial charge on any atom is -0.370 e. The number of carbonyl (C=O) groups excluding carboxylic acids is 1. The molecule has 0 aromatic heterocycles. The molecule has 0 fully saturated rings.